The molecule has 0 saturated carbocycles. The van der Waals surface area contributed by atoms with Crippen LogP contribution < -0.4 is 5.73 Å². The molecular weight excluding hydrogens is 98.1 g/mol. The predicted octanol–water partition coefficient (Wildman–Crippen LogP) is 1.38. The molecule has 41 valence electrons. The van der Waals surface area contributed by atoms with Gasteiger partial charge in [-0.3, -0.25) is 0 Å². The van der Waals surface area contributed by atoms with E-state index in [4.69, 9.17) is 5.73 Å². The fourth-order valence-electron chi connectivity index (χ4n) is 0.526. The van der Waals surface area contributed by atoms with E-state index in [1.165, 1.54) is 0 Å². The molecule has 2 N–H and O–H groups in total. The van der Waals surface area contributed by atoms with E-state index in [1.807, 2.05) is 25.1 Å². The highest BCUT2D eigenvalue weighted by molar-refractivity contribution is 5.44. The van der Waals surface area contributed by atoms with Crippen molar-refractivity contribution in [1.29, 1.82) is 0 Å². The first kappa shape index (κ1) is 5.16. The van der Waals surface area contributed by atoms with Crippen LogP contribution in [0.5, 0.6) is 0 Å². The highest BCUT2D eigenvalue weighted by atomic mass is 14.5. The summed E-state index contributed by atoms with van der Waals surface area (Å²) in [5.41, 5.74) is 7.43. The van der Waals surface area contributed by atoms with Gasteiger partial charge in [0.1, 0.15) is 0 Å². The second kappa shape index (κ2) is 1.86. The highest BCUT2D eigenvalue weighted by Crippen LogP contribution is 2.05. The summed E-state index contributed by atoms with van der Waals surface area (Å²) in [4.78, 5) is 0. The summed E-state index contributed by atoms with van der Waals surface area (Å²) in [6.45, 7) is 1.96. The van der Waals surface area contributed by atoms with Gasteiger partial charge in [0, 0.05) is 5.69 Å². The fourth-order valence-corrected chi connectivity index (χ4v) is 0.526. The van der Waals surface area contributed by atoms with Crippen molar-refractivity contribution in [3.63, 3.8) is 0 Å². The van der Waals surface area contributed by atoms with Crippen molar-refractivity contribution in [2.24, 2.45) is 0 Å². The third-order valence-corrected chi connectivity index (χ3v) is 1.11. The minimum absolute atomic E-state index is 0.837. The van der Waals surface area contributed by atoms with Crippen molar-refractivity contribution in [1.82, 2.24) is 0 Å². The molecule has 0 amide bonds. The minimum atomic E-state index is 0.837. The van der Waals surface area contributed by atoms with Crippen LogP contribution in [0.3, 0.4) is 0 Å². The van der Waals surface area contributed by atoms with Crippen molar-refractivity contribution in [2.45, 2.75) is 6.92 Å². The van der Waals surface area contributed by atoms with Crippen LogP contribution in [-0.4, -0.2) is 0 Å². The lowest BCUT2D eigenvalue weighted by molar-refractivity contribution is 1.47. The summed E-state index contributed by atoms with van der Waals surface area (Å²) in [7, 11) is 0. The Morgan fingerprint density at radius 1 is 1.62 bits per heavy atom. The van der Waals surface area contributed by atoms with Crippen molar-refractivity contribution in [3.05, 3.63) is 29.8 Å². The number of benzene rings is 1. The molecule has 1 radical (unpaired) electrons. The molecule has 0 aliphatic carbocycles. The number of nitrogens with two attached hydrogens (primary N) is 1. The van der Waals surface area contributed by atoms with Crippen LogP contribution in [0.4, 0.5) is 5.69 Å². The molecule has 0 atom stereocenters. The fraction of sp³-hybridized carbons (Fsp3) is 0.143. The Balaban J connectivity index is 3.13. The van der Waals surface area contributed by atoms with Gasteiger partial charge in [-0.1, -0.05) is 6.07 Å². The Morgan fingerprint density at radius 2 is 2.38 bits per heavy atom. The van der Waals surface area contributed by atoms with Crippen LogP contribution >= 0.6 is 0 Å². The molecule has 0 fully saturated rings. The van der Waals surface area contributed by atoms with Crippen LogP contribution in [0.15, 0.2) is 18.2 Å². The van der Waals surface area contributed by atoms with Gasteiger partial charge >= 0.3 is 0 Å². The first-order chi connectivity index (χ1) is 3.80. The van der Waals surface area contributed by atoms with Crippen molar-refractivity contribution in [3.8, 4) is 0 Å². The summed E-state index contributed by atoms with van der Waals surface area (Å²) >= 11 is 0. The molecule has 0 bridgehead atoms. The maximum absolute atomic E-state index is 5.50. The second-order valence-electron chi connectivity index (χ2n) is 1.78. The number of nitrogen functional groups attached to an aromatic ring is 1. The zero-order chi connectivity index (χ0) is 5.98. The SMILES string of the molecule is Cc1c[c]ccc1N. The molecule has 1 heteroatoms. The summed E-state index contributed by atoms with van der Waals surface area (Å²) in [6.07, 6.45) is 0. The standard InChI is InChI=1S/C7H8N/c1-6-4-2-3-5-7(6)8/h3-5H,8H2,1H3. The summed E-state index contributed by atoms with van der Waals surface area (Å²) in [5, 5.41) is 0. The Kier molecular flexibility index (Phi) is 1.20. The third-order valence-electron chi connectivity index (χ3n) is 1.11. The average Bonchev–Trinajstić information content (AvgIpc) is 1.77. The normalized spacial score (nSPS) is 9.12. The number of aryl methyl sites for hydroxylation is 1. The van der Waals surface area contributed by atoms with Gasteiger partial charge in [-0.15, -0.1) is 0 Å². The molecule has 0 aliphatic heterocycles. The quantitative estimate of drug-likeness (QED) is 0.497. The van der Waals surface area contributed by atoms with Crippen LogP contribution in [-0.2, 0) is 0 Å². The maximum atomic E-state index is 5.50. The molecule has 0 aliphatic rings. The molecule has 1 aromatic carbocycles. The summed E-state index contributed by atoms with van der Waals surface area (Å²) in [6, 6.07) is 8.44. The van der Waals surface area contributed by atoms with E-state index in [1.54, 1.807) is 0 Å². The zero-order valence-electron chi connectivity index (χ0n) is 4.81. The lowest BCUT2D eigenvalue weighted by atomic mass is 10.2. The lowest BCUT2D eigenvalue weighted by Crippen LogP contribution is -1.86. The average molecular weight is 106 g/mol. The summed E-state index contributed by atoms with van der Waals surface area (Å²) < 4.78 is 0. The van der Waals surface area contributed by atoms with E-state index in [-0.39, 0.29) is 0 Å². The molecule has 0 aromatic heterocycles. The Bertz CT molecular complexity index is 160. The molecule has 1 rings (SSSR count). The number of anilines is 1. The molecule has 0 heterocycles. The van der Waals surface area contributed by atoms with Gasteiger partial charge in [0.25, 0.3) is 0 Å². The van der Waals surface area contributed by atoms with E-state index in [0.29, 0.717) is 0 Å². The molecule has 0 unspecified atom stereocenters. The van der Waals surface area contributed by atoms with Gasteiger partial charge in [-0.2, -0.15) is 0 Å². The van der Waals surface area contributed by atoms with Gasteiger partial charge in [0.05, 0.1) is 0 Å². The number of rotatable bonds is 0. The second-order valence-corrected chi connectivity index (χ2v) is 1.78. The van der Waals surface area contributed by atoms with Crippen molar-refractivity contribution in [2.75, 3.05) is 5.73 Å². The predicted molar refractivity (Wildman–Crippen MR) is 34.4 cm³/mol. The van der Waals surface area contributed by atoms with Gasteiger partial charge in [-0.05, 0) is 30.7 Å². The van der Waals surface area contributed by atoms with Crippen LogP contribution in [0, 0.1) is 13.0 Å². The topological polar surface area (TPSA) is 26.0 Å². The number of hydrogen-bond donors (Lipinski definition) is 1. The van der Waals surface area contributed by atoms with Crippen LogP contribution in [0.25, 0.3) is 0 Å². The molecule has 0 saturated heterocycles. The molecule has 1 aromatic rings. The van der Waals surface area contributed by atoms with Crippen LogP contribution in [0.2, 0.25) is 0 Å². The first-order valence-corrected chi connectivity index (χ1v) is 2.53. The van der Waals surface area contributed by atoms with E-state index in [9.17, 15) is 0 Å². The van der Waals surface area contributed by atoms with E-state index >= 15 is 0 Å². The van der Waals surface area contributed by atoms with Crippen molar-refractivity contribution >= 4 is 5.69 Å². The molecule has 8 heavy (non-hydrogen) atoms. The maximum Gasteiger partial charge on any atom is 0.0344 e. The Labute approximate surface area is 49.1 Å². The molecular formula is C7H8N. The third kappa shape index (κ3) is 0.808. The van der Waals surface area contributed by atoms with Gasteiger partial charge in [-0.25, -0.2) is 0 Å². The molecule has 0 spiro atoms. The number of hydrogen-bond acceptors (Lipinski definition) is 1. The largest absolute Gasteiger partial charge is 0.399 e. The van der Waals surface area contributed by atoms with Gasteiger partial charge in [0.2, 0.25) is 0 Å². The minimum Gasteiger partial charge on any atom is -0.399 e. The van der Waals surface area contributed by atoms with Crippen LogP contribution in [0.1, 0.15) is 5.56 Å². The van der Waals surface area contributed by atoms with Crippen molar-refractivity contribution < 1.29 is 0 Å². The monoisotopic (exact) mass is 106 g/mol. The lowest BCUT2D eigenvalue weighted by Gasteiger charge is -1.93. The smallest absolute Gasteiger partial charge is 0.0344 e. The Hall–Kier alpha value is -0.980. The van der Waals surface area contributed by atoms with Gasteiger partial charge in [0.15, 0.2) is 0 Å². The van der Waals surface area contributed by atoms with Gasteiger partial charge < -0.3 is 5.73 Å². The Morgan fingerprint density at radius 3 is 2.75 bits per heavy atom. The van der Waals surface area contributed by atoms with E-state index in [0.717, 1.165) is 11.3 Å². The molecule has 1 nitrogen and oxygen atoms in total. The zero-order valence-corrected chi connectivity index (χ0v) is 4.81. The van der Waals surface area contributed by atoms with E-state index in [2.05, 4.69) is 6.07 Å². The first-order valence-electron chi connectivity index (χ1n) is 2.53. The summed E-state index contributed by atoms with van der Waals surface area (Å²) in [5.74, 6) is 0. The van der Waals surface area contributed by atoms with E-state index < -0.39 is 0 Å². The highest BCUT2D eigenvalue weighted by Gasteiger charge is 1.84.